The fourth-order valence-corrected chi connectivity index (χ4v) is 6.61. The second kappa shape index (κ2) is 49.2. The Bertz CT molecular complexity index is 1200. The van der Waals surface area contributed by atoms with Gasteiger partial charge in [0.05, 0.1) is 0 Å². The van der Waals surface area contributed by atoms with E-state index in [1.807, 2.05) is 0 Å². The largest absolute Gasteiger partial charge is 0.462 e. The molecule has 0 rings (SSSR count). The maximum Gasteiger partial charge on any atom is 0.306 e. The highest BCUT2D eigenvalue weighted by molar-refractivity contribution is 5.71. The van der Waals surface area contributed by atoms with E-state index in [9.17, 15) is 14.4 Å². The van der Waals surface area contributed by atoms with Gasteiger partial charge in [-0.3, -0.25) is 14.4 Å². The van der Waals surface area contributed by atoms with Gasteiger partial charge < -0.3 is 14.2 Å². The van der Waals surface area contributed by atoms with Crippen LogP contribution < -0.4 is 0 Å². The summed E-state index contributed by atoms with van der Waals surface area (Å²) in [5.74, 6) is -0.986. The summed E-state index contributed by atoms with van der Waals surface area (Å²) in [7, 11) is 0. The molecule has 0 heterocycles. The zero-order valence-electron chi connectivity index (χ0n) is 39.7. The molecule has 0 saturated heterocycles. The van der Waals surface area contributed by atoms with E-state index in [1.54, 1.807) is 0 Å². The van der Waals surface area contributed by atoms with Gasteiger partial charge in [0.2, 0.25) is 0 Å². The van der Waals surface area contributed by atoms with Crippen molar-refractivity contribution in [1.82, 2.24) is 0 Å². The lowest BCUT2D eigenvalue weighted by molar-refractivity contribution is -0.167. The second-order valence-corrected chi connectivity index (χ2v) is 16.3. The fourth-order valence-electron chi connectivity index (χ4n) is 6.61. The smallest absolute Gasteiger partial charge is 0.306 e. The van der Waals surface area contributed by atoms with Gasteiger partial charge in [-0.25, -0.2) is 0 Å². The first-order chi connectivity index (χ1) is 30.0. The molecule has 0 aromatic carbocycles. The van der Waals surface area contributed by atoms with E-state index in [1.165, 1.54) is 89.9 Å². The molecule has 0 aliphatic rings. The standard InChI is InChI=1S/C55H92O6/c1-4-7-10-13-16-19-22-25-27-30-32-35-38-41-44-47-53(56)59-50-52(61-55(58)49-46-43-40-37-34-29-24-21-18-15-12-9-6-3)51-60-54(57)48-45-42-39-36-33-31-28-26-23-20-17-14-11-8-5-2/h7,10,16-17,19-20,25-28,32-33,35-36,52H,4-6,8-9,11-15,18,21-24,29-31,34,37-51H2,1-3H3/b10-7-,19-16-,20-17-,27-25-,28-26-,35-32-,36-33-/t52-/m1/s1. The molecule has 0 fully saturated rings. The first-order valence-corrected chi connectivity index (χ1v) is 25.1. The number of hydrogen-bond acceptors (Lipinski definition) is 6. The summed E-state index contributed by atoms with van der Waals surface area (Å²) in [5, 5.41) is 0. The Morgan fingerprint density at radius 1 is 0.344 bits per heavy atom. The van der Waals surface area contributed by atoms with Crippen molar-refractivity contribution in [3.63, 3.8) is 0 Å². The zero-order chi connectivity index (χ0) is 44.4. The summed E-state index contributed by atoms with van der Waals surface area (Å²) >= 11 is 0. The number of carbonyl (C=O) groups excluding carboxylic acids is 3. The van der Waals surface area contributed by atoms with Crippen LogP contribution in [0.1, 0.15) is 226 Å². The first kappa shape index (κ1) is 57.6. The molecule has 0 amide bonds. The van der Waals surface area contributed by atoms with Crippen LogP contribution in [0.3, 0.4) is 0 Å². The molecule has 348 valence electrons. The van der Waals surface area contributed by atoms with Gasteiger partial charge in [-0.15, -0.1) is 0 Å². The summed E-state index contributed by atoms with van der Waals surface area (Å²) in [6.45, 7) is 6.42. The number of allylic oxidation sites excluding steroid dienone is 14. The van der Waals surface area contributed by atoms with Crippen LogP contribution in [0.15, 0.2) is 85.1 Å². The average Bonchev–Trinajstić information content (AvgIpc) is 3.26. The quantitative estimate of drug-likeness (QED) is 0.0263. The van der Waals surface area contributed by atoms with E-state index >= 15 is 0 Å². The molecule has 0 aliphatic carbocycles. The topological polar surface area (TPSA) is 78.9 Å². The number of esters is 3. The third-order valence-corrected chi connectivity index (χ3v) is 10.4. The van der Waals surface area contributed by atoms with Crippen LogP contribution in [0.25, 0.3) is 0 Å². The summed E-state index contributed by atoms with van der Waals surface area (Å²) in [4.78, 5) is 37.9. The van der Waals surface area contributed by atoms with Gasteiger partial charge in [0.15, 0.2) is 6.10 Å². The van der Waals surface area contributed by atoms with Crippen LogP contribution in [0.5, 0.6) is 0 Å². The number of ether oxygens (including phenoxy) is 3. The van der Waals surface area contributed by atoms with Crippen molar-refractivity contribution >= 4 is 17.9 Å². The lowest BCUT2D eigenvalue weighted by atomic mass is 10.0. The molecular weight excluding hydrogens is 757 g/mol. The Hall–Kier alpha value is -3.41. The normalized spacial score (nSPS) is 12.8. The molecule has 0 saturated carbocycles. The van der Waals surface area contributed by atoms with Crippen molar-refractivity contribution in [2.45, 2.75) is 232 Å². The van der Waals surface area contributed by atoms with E-state index in [0.717, 1.165) is 96.3 Å². The molecule has 0 radical (unpaired) electrons. The Kier molecular flexibility index (Phi) is 46.5. The van der Waals surface area contributed by atoms with Crippen molar-refractivity contribution in [2.75, 3.05) is 13.2 Å². The highest BCUT2D eigenvalue weighted by Crippen LogP contribution is 2.14. The van der Waals surface area contributed by atoms with Crippen LogP contribution in [0, 0.1) is 0 Å². The molecule has 0 bridgehead atoms. The molecule has 0 aromatic rings. The molecule has 1 atom stereocenters. The van der Waals surface area contributed by atoms with Crippen LogP contribution in [0.2, 0.25) is 0 Å². The van der Waals surface area contributed by atoms with Gasteiger partial charge in [0, 0.05) is 19.3 Å². The molecule has 61 heavy (non-hydrogen) atoms. The number of carbonyl (C=O) groups is 3. The van der Waals surface area contributed by atoms with Gasteiger partial charge in [0.1, 0.15) is 13.2 Å². The van der Waals surface area contributed by atoms with E-state index in [2.05, 4.69) is 106 Å². The monoisotopic (exact) mass is 849 g/mol. The summed E-state index contributed by atoms with van der Waals surface area (Å²) in [5.41, 5.74) is 0. The zero-order valence-corrected chi connectivity index (χ0v) is 39.7. The summed E-state index contributed by atoms with van der Waals surface area (Å²) in [6, 6.07) is 0. The van der Waals surface area contributed by atoms with E-state index < -0.39 is 6.10 Å². The van der Waals surface area contributed by atoms with E-state index in [-0.39, 0.29) is 31.1 Å². The minimum atomic E-state index is -0.806. The van der Waals surface area contributed by atoms with Crippen LogP contribution >= 0.6 is 0 Å². The van der Waals surface area contributed by atoms with E-state index in [4.69, 9.17) is 14.2 Å². The summed E-state index contributed by atoms with van der Waals surface area (Å²) in [6.07, 6.45) is 62.8. The fraction of sp³-hybridized carbons (Fsp3) is 0.691. The van der Waals surface area contributed by atoms with Crippen LogP contribution in [-0.4, -0.2) is 37.2 Å². The van der Waals surface area contributed by atoms with Gasteiger partial charge in [-0.1, -0.05) is 196 Å². The number of hydrogen-bond donors (Lipinski definition) is 0. The highest BCUT2D eigenvalue weighted by atomic mass is 16.6. The predicted octanol–water partition coefficient (Wildman–Crippen LogP) is 16.4. The molecule has 0 unspecified atom stereocenters. The molecule has 6 nitrogen and oxygen atoms in total. The third-order valence-electron chi connectivity index (χ3n) is 10.4. The molecule has 6 heteroatoms. The van der Waals surface area contributed by atoms with E-state index in [0.29, 0.717) is 19.3 Å². The number of rotatable bonds is 44. The van der Waals surface area contributed by atoms with Gasteiger partial charge in [-0.05, 0) is 96.3 Å². The highest BCUT2D eigenvalue weighted by Gasteiger charge is 2.19. The SMILES string of the molecule is CC/C=C\C/C=C\C/C=C\C/C=C\CCCCC(=O)OC[C@H](COC(=O)CCCC/C=C\C/C=C\C/C=C\CCCCC)OC(=O)CCCCCCCCCCCCCCC. The first-order valence-electron chi connectivity index (χ1n) is 25.1. The lowest BCUT2D eigenvalue weighted by Crippen LogP contribution is -2.30. The van der Waals surface area contributed by atoms with Crippen LogP contribution in [0.4, 0.5) is 0 Å². The molecule has 0 spiro atoms. The minimum absolute atomic E-state index is 0.109. The average molecular weight is 849 g/mol. The molecular formula is C55H92O6. The van der Waals surface area contributed by atoms with Crippen molar-refractivity contribution in [3.05, 3.63) is 85.1 Å². The lowest BCUT2D eigenvalue weighted by Gasteiger charge is -2.18. The second-order valence-electron chi connectivity index (χ2n) is 16.3. The maximum absolute atomic E-state index is 12.8. The van der Waals surface area contributed by atoms with Gasteiger partial charge >= 0.3 is 17.9 Å². The Morgan fingerprint density at radius 2 is 0.639 bits per heavy atom. The van der Waals surface area contributed by atoms with Crippen molar-refractivity contribution < 1.29 is 28.6 Å². The molecule has 0 aromatic heterocycles. The Balaban J connectivity index is 4.51. The molecule has 0 aliphatic heterocycles. The minimum Gasteiger partial charge on any atom is -0.462 e. The van der Waals surface area contributed by atoms with Gasteiger partial charge in [-0.2, -0.15) is 0 Å². The number of unbranched alkanes of at least 4 members (excludes halogenated alkanes) is 19. The van der Waals surface area contributed by atoms with Crippen molar-refractivity contribution in [3.8, 4) is 0 Å². The predicted molar refractivity (Wildman–Crippen MR) is 261 cm³/mol. The molecule has 0 N–H and O–H groups in total. The van der Waals surface area contributed by atoms with Crippen molar-refractivity contribution in [1.29, 1.82) is 0 Å². The summed E-state index contributed by atoms with van der Waals surface area (Å²) < 4.78 is 16.7. The van der Waals surface area contributed by atoms with Crippen molar-refractivity contribution in [2.24, 2.45) is 0 Å². The Labute approximate surface area is 375 Å². The van der Waals surface area contributed by atoms with Gasteiger partial charge in [0.25, 0.3) is 0 Å². The Morgan fingerprint density at radius 3 is 1.03 bits per heavy atom. The third kappa shape index (κ3) is 47.5. The van der Waals surface area contributed by atoms with Crippen LogP contribution in [-0.2, 0) is 28.6 Å². The maximum atomic E-state index is 12.8.